The first-order valence-corrected chi connectivity index (χ1v) is 7.91. The van der Waals surface area contributed by atoms with Crippen LogP contribution in [0, 0.1) is 0 Å². The zero-order valence-corrected chi connectivity index (χ0v) is 12.0. The quantitative estimate of drug-likeness (QED) is 0.632. The highest BCUT2D eigenvalue weighted by Gasteiger charge is 2.16. The Morgan fingerprint density at radius 3 is 2.75 bits per heavy atom. The number of pyridine rings is 1. The van der Waals surface area contributed by atoms with Crippen molar-refractivity contribution in [3.63, 3.8) is 0 Å². The average molecular weight is 281 g/mol. The van der Waals surface area contributed by atoms with E-state index in [1.807, 2.05) is 29.7 Å². The summed E-state index contributed by atoms with van der Waals surface area (Å²) in [6.07, 6.45) is 11.9. The lowest BCUT2D eigenvalue weighted by Crippen LogP contribution is -1.90. The topological polar surface area (TPSA) is 38.7 Å². The van der Waals surface area contributed by atoms with E-state index in [-0.39, 0.29) is 0 Å². The second-order valence-electron chi connectivity index (χ2n) is 5.21. The number of aromatic nitrogens is 3. The van der Waals surface area contributed by atoms with Crippen LogP contribution in [-0.2, 0) is 12.8 Å². The molecule has 3 aromatic heterocycles. The van der Waals surface area contributed by atoms with E-state index in [2.05, 4.69) is 9.97 Å². The van der Waals surface area contributed by atoms with Crippen LogP contribution in [-0.4, -0.2) is 15.0 Å². The van der Waals surface area contributed by atoms with Gasteiger partial charge in [-0.2, -0.15) is 0 Å². The van der Waals surface area contributed by atoms with Crippen LogP contribution in [0.4, 0.5) is 0 Å². The van der Waals surface area contributed by atoms with E-state index in [1.165, 1.54) is 47.9 Å². The van der Waals surface area contributed by atoms with Gasteiger partial charge < -0.3 is 0 Å². The van der Waals surface area contributed by atoms with Gasteiger partial charge in [0, 0.05) is 34.4 Å². The van der Waals surface area contributed by atoms with Crippen molar-refractivity contribution in [2.24, 2.45) is 0 Å². The molecule has 4 rings (SSSR count). The lowest BCUT2D eigenvalue weighted by molar-refractivity contribution is 0.713. The van der Waals surface area contributed by atoms with Crippen molar-refractivity contribution in [2.45, 2.75) is 32.1 Å². The van der Waals surface area contributed by atoms with Gasteiger partial charge in [0.25, 0.3) is 0 Å². The first-order valence-electron chi connectivity index (χ1n) is 7.09. The first kappa shape index (κ1) is 12.0. The van der Waals surface area contributed by atoms with Crippen LogP contribution in [0.2, 0.25) is 0 Å². The number of aryl methyl sites for hydroxylation is 2. The van der Waals surface area contributed by atoms with E-state index in [1.54, 1.807) is 12.4 Å². The minimum Gasteiger partial charge on any atom is -0.265 e. The van der Waals surface area contributed by atoms with Crippen LogP contribution in [0.5, 0.6) is 0 Å². The summed E-state index contributed by atoms with van der Waals surface area (Å²) in [5, 5.41) is 1.27. The molecule has 3 heterocycles. The maximum Gasteiger partial charge on any atom is 0.160 e. The molecule has 0 spiro atoms. The highest BCUT2D eigenvalue weighted by Crippen LogP contribution is 2.35. The molecule has 0 aliphatic heterocycles. The second kappa shape index (κ2) is 4.94. The van der Waals surface area contributed by atoms with E-state index in [4.69, 9.17) is 4.98 Å². The third-order valence-electron chi connectivity index (χ3n) is 3.90. The summed E-state index contributed by atoms with van der Waals surface area (Å²) >= 11 is 1.86. The summed E-state index contributed by atoms with van der Waals surface area (Å²) < 4.78 is 0. The van der Waals surface area contributed by atoms with Crippen molar-refractivity contribution >= 4 is 21.6 Å². The van der Waals surface area contributed by atoms with Crippen LogP contribution < -0.4 is 0 Å². The number of hydrogen-bond acceptors (Lipinski definition) is 4. The lowest BCUT2D eigenvalue weighted by Gasteiger charge is -2.00. The molecule has 100 valence electrons. The zero-order chi connectivity index (χ0) is 13.4. The van der Waals surface area contributed by atoms with Gasteiger partial charge in [0.15, 0.2) is 5.82 Å². The molecule has 0 bridgehead atoms. The highest BCUT2D eigenvalue weighted by molar-refractivity contribution is 7.18. The smallest absolute Gasteiger partial charge is 0.160 e. The zero-order valence-electron chi connectivity index (χ0n) is 11.2. The largest absolute Gasteiger partial charge is 0.265 e. The van der Waals surface area contributed by atoms with Gasteiger partial charge in [-0.15, -0.1) is 11.3 Å². The Morgan fingerprint density at radius 2 is 1.85 bits per heavy atom. The van der Waals surface area contributed by atoms with Crippen LogP contribution in [0.3, 0.4) is 0 Å². The fourth-order valence-corrected chi connectivity index (χ4v) is 4.09. The summed E-state index contributed by atoms with van der Waals surface area (Å²) in [6, 6.07) is 3.92. The molecule has 4 heteroatoms. The molecule has 3 nitrogen and oxygen atoms in total. The predicted octanol–water partition coefficient (Wildman–Crippen LogP) is 4.02. The maximum absolute atomic E-state index is 4.76. The van der Waals surface area contributed by atoms with Crippen molar-refractivity contribution in [1.82, 2.24) is 15.0 Å². The van der Waals surface area contributed by atoms with Crippen LogP contribution in [0.25, 0.3) is 21.6 Å². The molecule has 1 aliphatic carbocycles. The van der Waals surface area contributed by atoms with Gasteiger partial charge in [-0.05, 0) is 43.4 Å². The molecule has 0 unspecified atom stereocenters. The number of thiophene rings is 1. The van der Waals surface area contributed by atoms with Crippen molar-refractivity contribution in [2.75, 3.05) is 0 Å². The minimum atomic E-state index is 0.802. The average Bonchev–Trinajstić information content (AvgIpc) is 2.68. The Kier molecular flexibility index (Phi) is 2.96. The molecule has 0 N–H and O–H groups in total. The van der Waals surface area contributed by atoms with E-state index >= 15 is 0 Å². The molecule has 1 aliphatic rings. The van der Waals surface area contributed by atoms with E-state index in [0.29, 0.717) is 0 Å². The molecule has 0 saturated carbocycles. The summed E-state index contributed by atoms with van der Waals surface area (Å²) in [4.78, 5) is 16.0. The summed E-state index contributed by atoms with van der Waals surface area (Å²) in [7, 11) is 0. The molecular formula is C16H15N3S. The van der Waals surface area contributed by atoms with Crippen molar-refractivity contribution in [3.05, 3.63) is 41.2 Å². The Bertz CT molecular complexity index is 749. The SMILES string of the molecule is c1cc(-c2ncc3c4c(sc3n2)CCCCC4)ccn1. The highest BCUT2D eigenvalue weighted by atomic mass is 32.1. The monoisotopic (exact) mass is 281 g/mol. The van der Waals surface area contributed by atoms with Gasteiger partial charge in [0.1, 0.15) is 4.83 Å². The van der Waals surface area contributed by atoms with E-state index in [9.17, 15) is 0 Å². The molecule has 0 fully saturated rings. The molecule has 0 aromatic carbocycles. The third kappa shape index (κ3) is 2.00. The van der Waals surface area contributed by atoms with Gasteiger partial charge in [-0.1, -0.05) is 6.42 Å². The van der Waals surface area contributed by atoms with Gasteiger partial charge in [-0.25, -0.2) is 9.97 Å². The summed E-state index contributed by atoms with van der Waals surface area (Å²) in [6.45, 7) is 0. The summed E-state index contributed by atoms with van der Waals surface area (Å²) in [5.74, 6) is 0.802. The number of rotatable bonds is 1. The van der Waals surface area contributed by atoms with Gasteiger partial charge in [0.2, 0.25) is 0 Å². The normalized spacial score (nSPS) is 15.0. The molecule has 0 radical (unpaired) electrons. The predicted molar refractivity (Wildman–Crippen MR) is 81.9 cm³/mol. The van der Waals surface area contributed by atoms with Crippen LogP contribution in [0.1, 0.15) is 29.7 Å². The number of hydrogen-bond donors (Lipinski definition) is 0. The second-order valence-corrected chi connectivity index (χ2v) is 6.30. The van der Waals surface area contributed by atoms with Crippen molar-refractivity contribution in [1.29, 1.82) is 0 Å². The fourth-order valence-electron chi connectivity index (χ4n) is 2.86. The fraction of sp³-hybridized carbons (Fsp3) is 0.312. The lowest BCUT2D eigenvalue weighted by atomic mass is 10.1. The molecule has 0 amide bonds. The van der Waals surface area contributed by atoms with Crippen LogP contribution in [0.15, 0.2) is 30.7 Å². The maximum atomic E-state index is 4.76. The van der Waals surface area contributed by atoms with Crippen LogP contribution >= 0.6 is 11.3 Å². The third-order valence-corrected chi connectivity index (χ3v) is 5.11. The Balaban J connectivity index is 1.85. The molecular weight excluding hydrogens is 266 g/mol. The van der Waals surface area contributed by atoms with Gasteiger partial charge >= 0.3 is 0 Å². The minimum absolute atomic E-state index is 0.802. The molecule has 3 aromatic rings. The van der Waals surface area contributed by atoms with E-state index in [0.717, 1.165) is 16.2 Å². The first-order chi connectivity index (χ1) is 9.92. The molecule has 20 heavy (non-hydrogen) atoms. The molecule has 0 atom stereocenters. The Hall–Kier alpha value is -1.81. The van der Waals surface area contributed by atoms with Gasteiger partial charge in [-0.3, -0.25) is 4.98 Å². The number of nitrogens with zero attached hydrogens (tertiary/aromatic N) is 3. The van der Waals surface area contributed by atoms with E-state index < -0.39 is 0 Å². The van der Waals surface area contributed by atoms with Gasteiger partial charge in [0.05, 0.1) is 0 Å². The molecule has 0 saturated heterocycles. The Morgan fingerprint density at radius 1 is 1.00 bits per heavy atom. The number of fused-ring (bicyclic) bond motifs is 3. The Labute approximate surface area is 121 Å². The summed E-state index contributed by atoms with van der Waals surface area (Å²) in [5.41, 5.74) is 2.54. The van der Waals surface area contributed by atoms with Crippen molar-refractivity contribution in [3.8, 4) is 11.4 Å². The van der Waals surface area contributed by atoms with Crippen molar-refractivity contribution < 1.29 is 0 Å². The standard InChI is InChI=1S/C16H15N3S/c1-2-4-12-13-10-18-15(11-6-8-17-9-7-11)19-16(13)20-14(12)5-3-1/h6-10H,1-5H2.